The molecule has 0 spiro atoms. The van der Waals surface area contributed by atoms with Crippen molar-refractivity contribution in [3.8, 4) is 0 Å². The van der Waals surface area contributed by atoms with Crippen LogP contribution in [0, 0.1) is 19.8 Å². The standard InChI is InChI=1S/C15H17F3N2O4S/c1-8-5-9(2)12(20-25(21,22)15(16,17)18)6-11(8)14-10-3-4-23-7-13(10)24-19-14/h5-7,10,14,19-20H,3-4H2,1-2H3. The van der Waals surface area contributed by atoms with E-state index < -0.39 is 15.5 Å². The zero-order valence-corrected chi connectivity index (χ0v) is 14.3. The third-order valence-corrected chi connectivity index (χ3v) is 5.41. The van der Waals surface area contributed by atoms with Crippen LogP contribution in [0.1, 0.15) is 29.2 Å². The normalized spacial score (nSPS) is 23.3. The summed E-state index contributed by atoms with van der Waals surface area (Å²) >= 11 is 0. The first-order valence-electron chi connectivity index (χ1n) is 7.54. The Labute approximate surface area is 143 Å². The second-order valence-corrected chi connectivity index (χ2v) is 7.73. The summed E-state index contributed by atoms with van der Waals surface area (Å²) in [4.78, 5) is 5.37. The molecule has 2 atom stereocenters. The molecule has 2 aliphatic rings. The minimum atomic E-state index is -5.48. The second kappa shape index (κ2) is 6.10. The molecule has 0 radical (unpaired) electrons. The van der Waals surface area contributed by atoms with E-state index >= 15 is 0 Å². The minimum Gasteiger partial charge on any atom is -0.498 e. The van der Waals surface area contributed by atoms with Gasteiger partial charge in [-0.15, -0.1) is 5.48 Å². The van der Waals surface area contributed by atoms with Crippen molar-refractivity contribution in [2.75, 3.05) is 11.3 Å². The van der Waals surface area contributed by atoms with Crippen molar-refractivity contribution in [1.29, 1.82) is 0 Å². The molecule has 2 unspecified atom stereocenters. The van der Waals surface area contributed by atoms with Gasteiger partial charge in [0, 0.05) is 5.92 Å². The lowest BCUT2D eigenvalue weighted by Crippen LogP contribution is -2.30. The van der Waals surface area contributed by atoms with E-state index in [1.807, 2.05) is 6.92 Å². The Kier molecular flexibility index (Phi) is 4.36. The van der Waals surface area contributed by atoms with Gasteiger partial charge in [0.2, 0.25) is 0 Å². The van der Waals surface area contributed by atoms with Crippen LogP contribution in [-0.2, 0) is 19.6 Å². The van der Waals surface area contributed by atoms with Crippen LogP contribution < -0.4 is 10.2 Å². The Balaban J connectivity index is 1.97. The lowest BCUT2D eigenvalue weighted by atomic mass is 9.87. The lowest BCUT2D eigenvalue weighted by molar-refractivity contribution is -0.0429. The fraction of sp³-hybridized carbons (Fsp3) is 0.467. The Morgan fingerprint density at radius 1 is 1.24 bits per heavy atom. The summed E-state index contributed by atoms with van der Waals surface area (Å²) in [5.41, 5.74) is -0.752. The highest BCUT2D eigenvalue weighted by molar-refractivity contribution is 7.93. The van der Waals surface area contributed by atoms with Gasteiger partial charge in [-0.05, 0) is 43.0 Å². The van der Waals surface area contributed by atoms with E-state index in [0.29, 0.717) is 29.9 Å². The van der Waals surface area contributed by atoms with Crippen molar-refractivity contribution in [2.24, 2.45) is 5.92 Å². The van der Waals surface area contributed by atoms with Crippen molar-refractivity contribution < 1.29 is 31.2 Å². The van der Waals surface area contributed by atoms with Crippen molar-refractivity contribution in [2.45, 2.75) is 31.8 Å². The van der Waals surface area contributed by atoms with Crippen LogP contribution in [-0.4, -0.2) is 20.5 Å². The van der Waals surface area contributed by atoms with Gasteiger partial charge in [-0.1, -0.05) is 6.07 Å². The zero-order valence-electron chi connectivity index (χ0n) is 13.5. The first-order chi connectivity index (χ1) is 11.6. The Bertz CT molecular complexity index is 821. The molecule has 138 valence electrons. The average Bonchev–Trinajstić information content (AvgIpc) is 2.92. The monoisotopic (exact) mass is 378 g/mol. The van der Waals surface area contributed by atoms with Crippen molar-refractivity contribution in [3.63, 3.8) is 0 Å². The van der Waals surface area contributed by atoms with Gasteiger partial charge in [-0.25, -0.2) is 0 Å². The Morgan fingerprint density at radius 2 is 1.96 bits per heavy atom. The van der Waals surface area contributed by atoms with Crippen LogP contribution in [0.2, 0.25) is 0 Å². The first-order valence-corrected chi connectivity index (χ1v) is 9.03. The number of benzene rings is 1. The number of sulfonamides is 1. The predicted molar refractivity (Wildman–Crippen MR) is 83.6 cm³/mol. The van der Waals surface area contributed by atoms with Gasteiger partial charge in [0.15, 0.2) is 5.76 Å². The summed E-state index contributed by atoms with van der Waals surface area (Å²) in [5.74, 6) is 0.593. The molecule has 1 fully saturated rings. The number of hydrogen-bond acceptors (Lipinski definition) is 5. The summed E-state index contributed by atoms with van der Waals surface area (Å²) in [6.45, 7) is 3.87. The zero-order chi connectivity index (χ0) is 18.4. The van der Waals surface area contributed by atoms with E-state index in [1.54, 1.807) is 17.7 Å². The van der Waals surface area contributed by atoms with Gasteiger partial charge in [0.1, 0.15) is 6.26 Å². The predicted octanol–water partition coefficient (Wildman–Crippen LogP) is 3.02. The second-order valence-electron chi connectivity index (χ2n) is 6.06. The summed E-state index contributed by atoms with van der Waals surface area (Å²) in [6.07, 6.45) is 2.19. The molecule has 2 N–H and O–H groups in total. The maximum Gasteiger partial charge on any atom is 0.516 e. The summed E-state index contributed by atoms with van der Waals surface area (Å²) in [5, 5.41) is 0. The average molecular weight is 378 g/mol. The van der Waals surface area contributed by atoms with Gasteiger partial charge in [-0.3, -0.25) is 4.72 Å². The van der Waals surface area contributed by atoms with Crippen molar-refractivity contribution in [3.05, 3.63) is 40.8 Å². The van der Waals surface area contributed by atoms with Gasteiger partial charge in [0.05, 0.1) is 18.3 Å². The molecule has 10 heteroatoms. The molecular formula is C15H17F3N2O4S. The smallest absolute Gasteiger partial charge is 0.498 e. The van der Waals surface area contributed by atoms with Crippen LogP contribution in [0.25, 0.3) is 0 Å². The molecule has 3 rings (SSSR count). The molecule has 0 saturated carbocycles. The molecule has 0 aliphatic carbocycles. The molecule has 1 aromatic rings. The lowest BCUT2D eigenvalue weighted by Gasteiger charge is -2.22. The number of halogens is 3. The van der Waals surface area contributed by atoms with E-state index in [4.69, 9.17) is 9.57 Å². The fourth-order valence-corrected chi connectivity index (χ4v) is 3.63. The molecule has 25 heavy (non-hydrogen) atoms. The number of hydrogen-bond donors (Lipinski definition) is 2. The van der Waals surface area contributed by atoms with Crippen LogP contribution in [0.15, 0.2) is 24.2 Å². The van der Waals surface area contributed by atoms with Gasteiger partial charge >= 0.3 is 15.5 Å². The highest BCUT2D eigenvalue weighted by atomic mass is 32.2. The van der Waals surface area contributed by atoms with Gasteiger partial charge in [0.25, 0.3) is 0 Å². The van der Waals surface area contributed by atoms with Gasteiger partial charge < -0.3 is 9.57 Å². The third-order valence-electron chi connectivity index (χ3n) is 4.31. The summed E-state index contributed by atoms with van der Waals surface area (Å²) < 4.78 is 67.6. The van der Waals surface area contributed by atoms with Crippen LogP contribution in [0.4, 0.5) is 18.9 Å². The Morgan fingerprint density at radius 3 is 2.64 bits per heavy atom. The molecule has 0 bridgehead atoms. The van der Waals surface area contributed by atoms with Crippen LogP contribution >= 0.6 is 0 Å². The summed E-state index contributed by atoms with van der Waals surface area (Å²) in [6, 6.07) is 2.77. The number of fused-ring (bicyclic) bond motifs is 1. The highest BCUT2D eigenvalue weighted by Gasteiger charge is 2.46. The molecule has 0 amide bonds. The molecular weight excluding hydrogens is 361 g/mol. The van der Waals surface area contributed by atoms with Crippen LogP contribution in [0.3, 0.4) is 0 Å². The van der Waals surface area contributed by atoms with Gasteiger partial charge in [-0.2, -0.15) is 21.6 Å². The minimum absolute atomic E-state index is 0.0257. The number of anilines is 1. The molecule has 6 nitrogen and oxygen atoms in total. The fourth-order valence-electron chi connectivity index (χ4n) is 3.01. The molecule has 2 aliphatic heterocycles. The highest BCUT2D eigenvalue weighted by Crippen LogP contribution is 2.41. The van der Waals surface area contributed by atoms with E-state index in [1.165, 1.54) is 12.3 Å². The molecule has 0 aromatic heterocycles. The maximum absolute atomic E-state index is 12.6. The maximum atomic E-state index is 12.6. The number of nitrogens with one attached hydrogen (secondary N) is 2. The Hall–Kier alpha value is -1.94. The molecule has 2 heterocycles. The van der Waals surface area contributed by atoms with E-state index in [9.17, 15) is 21.6 Å². The van der Waals surface area contributed by atoms with E-state index in [-0.39, 0.29) is 17.6 Å². The number of rotatable bonds is 3. The topological polar surface area (TPSA) is 76.7 Å². The SMILES string of the molecule is Cc1cc(C)c(C2NOC3=COCCC32)cc1NS(=O)(=O)C(F)(F)F. The first kappa shape index (κ1) is 17.9. The number of hydroxylamine groups is 1. The molecule has 1 saturated heterocycles. The third kappa shape index (κ3) is 3.28. The van der Waals surface area contributed by atoms with Crippen molar-refractivity contribution in [1.82, 2.24) is 5.48 Å². The summed E-state index contributed by atoms with van der Waals surface area (Å²) in [7, 11) is -5.48. The number of aryl methyl sites for hydroxylation is 2. The van der Waals surface area contributed by atoms with E-state index in [2.05, 4.69) is 5.48 Å². The number of ether oxygens (including phenoxy) is 1. The quantitative estimate of drug-likeness (QED) is 0.846. The van der Waals surface area contributed by atoms with E-state index in [0.717, 1.165) is 5.56 Å². The van der Waals surface area contributed by atoms with Crippen LogP contribution in [0.5, 0.6) is 0 Å². The molecule has 1 aromatic carbocycles. The van der Waals surface area contributed by atoms with Crippen molar-refractivity contribution >= 4 is 15.7 Å². The number of alkyl halides is 3. The largest absolute Gasteiger partial charge is 0.516 e.